The fourth-order valence-corrected chi connectivity index (χ4v) is 1.64. The van der Waals surface area contributed by atoms with Crippen LogP contribution < -0.4 is 5.32 Å². The third kappa shape index (κ3) is 2.37. The van der Waals surface area contributed by atoms with E-state index in [-0.39, 0.29) is 13.0 Å². The molecular formula is C8H12F3NO2. The Hall–Kier alpha value is -0.780. The molecule has 1 fully saturated rings. The summed E-state index contributed by atoms with van der Waals surface area (Å²) in [6.45, 7) is 0.289. The van der Waals surface area contributed by atoms with Gasteiger partial charge in [-0.05, 0) is 19.4 Å². The third-order valence-corrected chi connectivity index (χ3v) is 2.32. The first-order valence-electron chi connectivity index (χ1n) is 4.34. The molecule has 0 aromatic carbocycles. The van der Waals surface area contributed by atoms with E-state index in [9.17, 15) is 18.0 Å². The summed E-state index contributed by atoms with van der Waals surface area (Å²) in [5.74, 6) is -1.90. The van der Waals surface area contributed by atoms with E-state index < -0.39 is 24.1 Å². The van der Waals surface area contributed by atoms with Gasteiger partial charge in [-0.15, -0.1) is 0 Å². The first kappa shape index (κ1) is 11.3. The maximum Gasteiger partial charge on any atom is 0.404 e. The minimum Gasteiger partial charge on any atom is -0.469 e. The molecule has 0 radical (unpaired) electrons. The van der Waals surface area contributed by atoms with Crippen molar-refractivity contribution in [2.24, 2.45) is 5.92 Å². The number of methoxy groups -OCH3 is 1. The standard InChI is InChI=1S/C8H12F3NO2/c1-14-7(13)5-3-2-4-12-6(5)8(9,10)11/h5-6,12H,2-4H2,1H3. The summed E-state index contributed by atoms with van der Waals surface area (Å²) in [7, 11) is 1.10. The zero-order valence-corrected chi connectivity index (χ0v) is 7.73. The molecule has 0 aromatic rings. The normalized spacial score (nSPS) is 28.6. The fourth-order valence-electron chi connectivity index (χ4n) is 1.64. The van der Waals surface area contributed by atoms with Crippen molar-refractivity contribution < 1.29 is 22.7 Å². The number of hydrogen-bond acceptors (Lipinski definition) is 3. The molecule has 0 amide bonds. The molecule has 2 unspecified atom stereocenters. The smallest absolute Gasteiger partial charge is 0.404 e. The lowest BCUT2D eigenvalue weighted by Gasteiger charge is -2.31. The first-order valence-corrected chi connectivity index (χ1v) is 4.34. The van der Waals surface area contributed by atoms with Gasteiger partial charge in [-0.3, -0.25) is 4.79 Å². The van der Waals surface area contributed by atoms with Crippen LogP contribution in [-0.4, -0.2) is 31.8 Å². The number of nitrogens with one attached hydrogen (secondary N) is 1. The molecule has 1 aliphatic heterocycles. The lowest BCUT2D eigenvalue weighted by atomic mass is 9.90. The highest BCUT2D eigenvalue weighted by molar-refractivity contribution is 5.73. The molecular weight excluding hydrogens is 199 g/mol. The fraction of sp³-hybridized carbons (Fsp3) is 0.875. The number of carbonyl (C=O) groups is 1. The van der Waals surface area contributed by atoms with Crippen molar-refractivity contribution in [3.8, 4) is 0 Å². The van der Waals surface area contributed by atoms with Gasteiger partial charge in [0.1, 0.15) is 6.04 Å². The quantitative estimate of drug-likeness (QED) is 0.660. The molecule has 1 rings (SSSR count). The van der Waals surface area contributed by atoms with E-state index in [1.54, 1.807) is 0 Å². The van der Waals surface area contributed by atoms with Crippen LogP contribution in [0.1, 0.15) is 12.8 Å². The van der Waals surface area contributed by atoms with E-state index in [1.807, 2.05) is 0 Å². The maximum absolute atomic E-state index is 12.4. The Morgan fingerprint density at radius 2 is 2.14 bits per heavy atom. The summed E-state index contributed by atoms with van der Waals surface area (Å²) in [5.41, 5.74) is 0. The average Bonchev–Trinajstić information content (AvgIpc) is 2.15. The number of rotatable bonds is 1. The van der Waals surface area contributed by atoms with E-state index in [4.69, 9.17) is 0 Å². The van der Waals surface area contributed by atoms with Gasteiger partial charge in [-0.2, -0.15) is 13.2 Å². The summed E-state index contributed by atoms with van der Waals surface area (Å²) in [5, 5.41) is 2.30. The number of alkyl halides is 3. The largest absolute Gasteiger partial charge is 0.469 e. The van der Waals surface area contributed by atoms with E-state index in [0.29, 0.717) is 6.42 Å². The molecule has 1 aliphatic rings. The highest BCUT2D eigenvalue weighted by Gasteiger charge is 2.48. The lowest BCUT2D eigenvalue weighted by molar-refractivity contribution is -0.184. The summed E-state index contributed by atoms with van der Waals surface area (Å²) in [4.78, 5) is 11.1. The van der Waals surface area contributed by atoms with Gasteiger partial charge in [0, 0.05) is 0 Å². The molecule has 0 saturated carbocycles. The van der Waals surface area contributed by atoms with Crippen LogP contribution in [0.5, 0.6) is 0 Å². The van der Waals surface area contributed by atoms with Gasteiger partial charge in [-0.1, -0.05) is 0 Å². The van der Waals surface area contributed by atoms with Crippen LogP contribution in [0.25, 0.3) is 0 Å². The highest BCUT2D eigenvalue weighted by atomic mass is 19.4. The van der Waals surface area contributed by atoms with E-state index in [2.05, 4.69) is 10.1 Å². The van der Waals surface area contributed by atoms with Crippen molar-refractivity contribution in [2.75, 3.05) is 13.7 Å². The molecule has 0 spiro atoms. The first-order chi connectivity index (χ1) is 6.46. The molecule has 0 aliphatic carbocycles. The predicted octanol–water partition coefficient (Wildman–Crippen LogP) is 1.09. The lowest BCUT2D eigenvalue weighted by Crippen LogP contribution is -2.53. The molecule has 14 heavy (non-hydrogen) atoms. The van der Waals surface area contributed by atoms with Gasteiger partial charge in [0.25, 0.3) is 0 Å². The Bertz CT molecular complexity index is 217. The van der Waals surface area contributed by atoms with Crippen LogP contribution in [0, 0.1) is 5.92 Å². The second-order valence-electron chi connectivity index (χ2n) is 3.25. The molecule has 1 saturated heterocycles. The van der Waals surface area contributed by atoms with E-state index in [1.165, 1.54) is 0 Å². The minimum atomic E-state index is -4.39. The van der Waals surface area contributed by atoms with Crippen molar-refractivity contribution in [1.29, 1.82) is 0 Å². The van der Waals surface area contributed by atoms with Gasteiger partial charge in [0.05, 0.1) is 13.0 Å². The van der Waals surface area contributed by atoms with Crippen molar-refractivity contribution in [3.63, 3.8) is 0 Å². The molecule has 6 heteroatoms. The van der Waals surface area contributed by atoms with E-state index in [0.717, 1.165) is 7.11 Å². The van der Waals surface area contributed by atoms with Crippen LogP contribution in [0.3, 0.4) is 0 Å². The number of ether oxygens (including phenoxy) is 1. The van der Waals surface area contributed by atoms with Crippen molar-refractivity contribution in [3.05, 3.63) is 0 Å². The Labute approximate surface area is 79.6 Å². The number of piperidine rings is 1. The summed E-state index contributed by atoms with van der Waals surface area (Å²) in [6, 6.07) is -1.76. The third-order valence-electron chi connectivity index (χ3n) is 2.32. The van der Waals surface area contributed by atoms with Gasteiger partial charge in [0.15, 0.2) is 0 Å². The number of halogens is 3. The van der Waals surface area contributed by atoms with Gasteiger partial charge in [0.2, 0.25) is 0 Å². The molecule has 1 N–H and O–H groups in total. The molecule has 0 bridgehead atoms. The summed E-state index contributed by atoms with van der Waals surface area (Å²) < 4.78 is 41.6. The number of esters is 1. The Balaban J connectivity index is 2.74. The molecule has 0 aromatic heterocycles. The monoisotopic (exact) mass is 211 g/mol. The van der Waals surface area contributed by atoms with Crippen LogP contribution in [0.2, 0.25) is 0 Å². The predicted molar refractivity (Wildman–Crippen MR) is 42.6 cm³/mol. The second-order valence-corrected chi connectivity index (χ2v) is 3.25. The summed E-state index contributed by atoms with van der Waals surface area (Å²) >= 11 is 0. The van der Waals surface area contributed by atoms with Crippen LogP contribution in [0.15, 0.2) is 0 Å². The van der Waals surface area contributed by atoms with Crippen molar-refractivity contribution in [1.82, 2.24) is 5.32 Å². The highest BCUT2D eigenvalue weighted by Crippen LogP contribution is 2.31. The maximum atomic E-state index is 12.4. The zero-order valence-electron chi connectivity index (χ0n) is 7.73. The molecule has 82 valence electrons. The van der Waals surface area contributed by atoms with Crippen LogP contribution in [0.4, 0.5) is 13.2 Å². The Morgan fingerprint density at radius 1 is 1.50 bits per heavy atom. The molecule has 2 atom stereocenters. The summed E-state index contributed by atoms with van der Waals surface area (Å²) in [6.07, 6.45) is -3.60. The van der Waals surface area contributed by atoms with Gasteiger partial charge >= 0.3 is 12.1 Å². The van der Waals surface area contributed by atoms with Crippen molar-refractivity contribution in [2.45, 2.75) is 25.1 Å². The van der Waals surface area contributed by atoms with Crippen LogP contribution in [-0.2, 0) is 9.53 Å². The number of carbonyl (C=O) groups excluding carboxylic acids is 1. The minimum absolute atomic E-state index is 0.226. The number of hydrogen-bond donors (Lipinski definition) is 1. The van der Waals surface area contributed by atoms with Gasteiger partial charge < -0.3 is 10.1 Å². The van der Waals surface area contributed by atoms with Crippen LogP contribution >= 0.6 is 0 Å². The second kappa shape index (κ2) is 4.16. The zero-order chi connectivity index (χ0) is 10.8. The Morgan fingerprint density at radius 3 is 2.64 bits per heavy atom. The van der Waals surface area contributed by atoms with Crippen molar-refractivity contribution >= 4 is 5.97 Å². The topological polar surface area (TPSA) is 38.3 Å². The Kier molecular flexibility index (Phi) is 3.36. The molecule has 3 nitrogen and oxygen atoms in total. The van der Waals surface area contributed by atoms with Gasteiger partial charge in [-0.25, -0.2) is 0 Å². The average molecular weight is 211 g/mol. The SMILES string of the molecule is COC(=O)C1CCCNC1C(F)(F)F. The van der Waals surface area contributed by atoms with E-state index >= 15 is 0 Å². The molecule has 1 heterocycles.